The van der Waals surface area contributed by atoms with Crippen molar-refractivity contribution in [2.45, 2.75) is 32.5 Å². The Morgan fingerprint density at radius 3 is 2.85 bits per heavy atom. The van der Waals surface area contributed by atoms with Gasteiger partial charge in [-0.1, -0.05) is 0 Å². The van der Waals surface area contributed by atoms with Crippen molar-refractivity contribution in [2.75, 3.05) is 29.6 Å². The molecule has 1 saturated heterocycles. The second-order valence-electron chi connectivity index (χ2n) is 8.59. The van der Waals surface area contributed by atoms with E-state index in [0.717, 1.165) is 42.0 Å². The van der Waals surface area contributed by atoms with E-state index in [0.29, 0.717) is 36.0 Å². The number of carbonyl (C=O) groups excluding carboxylic acids is 1. The van der Waals surface area contributed by atoms with Crippen molar-refractivity contribution >= 4 is 28.9 Å². The van der Waals surface area contributed by atoms with Crippen molar-refractivity contribution in [3.63, 3.8) is 0 Å². The minimum Gasteiger partial charge on any atom is -0.397 e. The van der Waals surface area contributed by atoms with E-state index in [4.69, 9.17) is 16.6 Å². The summed E-state index contributed by atoms with van der Waals surface area (Å²) in [7, 11) is 0. The Labute approximate surface area is 192 Å². The number of benzene rings is 1. The molecule has 2 aliphatic rings. The SMILES string of the molecule is Cc1cncc(Nc2ncc3c(n2)CN(C2CCN(C(=O)c4ccc(NN)c(N)c4)C2)C3)c1. The highest BCUT2D eigenvalue weighted by Gasteiger charge is 2.34. The molecule has 0 bridgehead atoms. The Morgan fingerprint density at radius 1 is 1.18 bits per heavy atom. The predicted molar refractivity (Wildman–Crippen MR) is 127 cm³/mol. The average Bonchev–Trinajstić information content (AvgIpc) is 3.45. The second kappa shape index (κ2) is 8.64. The topological polar surface area (TPSA) is 138 Å². The molecule has 2 aliphatic heterocycles. The number of pyridine rings is 1. The fraction of sp³-hybridized carbons (Fsp3) is 0.304. The van der Waals surface area contributed by atoms with Crippen LogP contribution in [-0.4, -0.2) is 49.8 Å². The molecule has 1 unspecified atom stereocenters. The van der Waals surface area contributed by atoms with Crippen LogP contribution >= 0.6 is 0 Å². The highest BCUT2D eigenvalue weighted by molar-refractivity contribution is 5.96. The molecule has 4 heterocycles. The molecular weight excluding hydrogens is 418 g/mol. The third-order valence-corrected chi connectivity index (χ3v) is 6.23. The number of hydrogen-bond donors (Lipinski definition) is 4. The number of aromatic nitrogens is 3. The fourth-order valence-corrected chi connectivity index (χ4v) is 4.48. The monoisotopic (exact) mass is 445 g/mol. The van der Waals surface area contributed by atoms with Gasteiger partial charge in [0.05, 0.1) is 29.0 Å². The number of nitrogens with one attached hydrogen (secondary N) is 2. The maximum absolute atomic E-state index is 13.0. The Bertz CT molecular complexity index is 1200. The van der Waals surface area contributed by atoms with E-state index >= 15 is 0 Å². The summed E-state index contributed by atoms with van der Waals surface area (Å²) in [6.07, 6.45) is 6.38. The summed E-state index contributed by atoms with van der Waals surface area (Å²) in [4.78, 5) is 30.6. The van der Waals surface area contributed by atoms with Crippen molar-refractivity contribution in [3.05, 3.63) is 65.2 Å². The first-order chi connectivity index (χ1) is 16.0. The molecule has 1 amide bonds. The molecule has 0 spiro atoms. The molecule has 3 aromatic rings. The van der Waals surface area contributed by atoms with Gasteiger partial charge in [0.15, 0.2) is 0 Å². The van der Waals surface area contributed by atoms with Crippen LogP contribution in [0.25, 0.3) is 0 Å². The molecule has 1 atom stereocenters. The van der Waals surface area contributed by atoms with E-state index in [-0.39, 0.29) is 11.9 Å². The molecule has 1 fully saturated rings. The number of hydrazine groups is 1. The minimum absolute atomic E-state index is 0.0116. The van der Waals surface area contributed by atoms with Gasteiger partial charge in [-0.3, -0.25) is 20.5 Å². The van der Waals surface area contributed by atoms with Gasteiger partial charge in [0.1, 0.15) is 0 Å². The summed E-state index contributed by atoms with van der Waals surface area (Å²) in [5.41, 5.74) is 14.2. The van der Waals surface area contributed by atoms with E-state index in [1.54, 1.807) is 24.4 Å². The van der Waals surface area contributed by atoms with Gasteiger partial charge in [-0.05, 0) is 43.2 Å². The molecule has 2 aromatic heterocycles. The standard InChI is InChI=1S/C23H27N9O/c1-14-6-17(10-26-8-14)28-23-27-9-16-11-32(13-21(16)29-23)18-4-5-31(12-18)22(33)15-2-3-20(30-25)19(24)7-15/h2-3,6-10,18,30H,4-5,11-13,24-25H2,1H3,(H,27,28,29). The van der Waals surface area contributed by atoms with E-state index in [2.05, 4.69) is 25.6 Å². The zero-order valence-corrected chi connectivity index (χ0v) is 18.5. The number of nitrogens with two attached hydrogens (primary N) is 2. The number of rotatable bonds is 5. The van der Waals surface area contributed by atoms with Gasteiger partial charge in [0.2, 0.25) is 5.95 Å². The van der Waals surface area contributed by atoms with E-state index < -0.39 is 0 Å². The number of anilines is 4. The third-order valence-electron chi connectivity index (χ3n) is 6.23. The maximum Gasteiger partial charge on any atom is 0.253 e. The van der Waals surface area contributed by atoms with Gasteiger partial charge >= 0.3 is 0 Å². The molecule has 0 radical (unpaired) electrons. The van der Waals surface area contributed by atoms with Gasteiger partial charge in [-0.25, -0.2) is 9.97 Å². The van der Waals surface area contributed by atoms with Gasteiger partial charge in [0.25, 0.3) is 5.91 Å². The number of likely N-dealkylation sites (tertiary alicyclic amines) is 1. The summed E-state index contributed by atoms with van der Waals surface area (Å²) >= 11 is 0. The van der Waals surface area contributed by atoms with Crippen LogP contribution < -0.4 is 22.3 Å². The third kappa shape index (κ3) is 4.30. The lowest BCUT2D eigenvalue weighted by molar-refractivity contribution is 0.0776. The van der Waals surface area contributed by atoms with Crippen molar-refractivity contribution in [3.8, 4) is 0 Å². The first kappa shape index (κ1) is 21.1. The molecule has 1 aromatic carbocycles. The smallest absolute Gasteiger partial charge is 0.253 e. The quantitative estimate of drug-likeness (QED) is 0.264. The molecule has 0 aliphatic carbocycles. The van der Waals surface area contributed by atoms with Crippen LogP contribution in [0.3, 0.4) is 0 Å². The van der Waals surface area contributed by atoms with Crippen LogP contribution in [0, 0.1) is 6.92 Å². The lowest BCUT2D eigenvalue weighted by atomic mass is 10.1. The van der Waals surface area contributed by atoms with Crippen molar-refractivity contribution < 1.29 is 4.79 Å². The highest BCUT2D eigenvalue weighted by atomic mass is 16.2. The molecule has 10 nitrogen and oxygen atoms in total. The van der Waals surface area contributed by atoms with Crippen LogP contribution in [0.5, 0.6) is 0 Å². The maximum atomic E-state index is 13.0. The summed E-state index contributed by atoms with van der Waals surface area (Å²) < 4.78 is 0. The average molecular weight is 446 g/mol. The molecule has 170 valence electrons. The summed E-state index contributed by atoms with van der Waals surface area (Å²) in [6.45, 7) is 4.92. The lowest BCUT2D eigenvalue weighted by Gasteiger charge is -2.23. The largest absolute Gasteiger partial charge is 0.397 e. The molecule has 0 saturated carbocycles. The van der Waals surface area contributed by atoms with Gasteiger partial charge in [-0.2, -0.15) is 0 Å². The van der Waals surface area contributed by atoms with Crippen LogP contribution in [0.4, 0.5) is 23.0 Å². The Morgan fingerprint density at radius 2 is 2.06 bits per heavy atom. The van der Waals surface area contributed by atoms with E-state index in [1.165, 1.54) is 0 Å². The Hall–Kier alpha value is -3.76. The second-order valence-corrected chi connectivity index (χ2v) is 8.59. The summed E-state index contributed by atoms with van der Waals surface area (Å²) in [6, 6.07) is 7.44. The Balaban J connectivity index is 1.22. The number of nitrogens with zero attached hydrogens (tertiary/aromatic N) is 5. The zero-order valence-electron chi connectivity index (χ0n) is 18.5. The molecule has 33 heavy (non-hydrogen) atoms. The highest BCUT2D eigenvalue weighted by Crippen LogP contribution is 2.29. The van der Waals surface area contributed by atoms with Crippen LogP contribution in [0.1, 0.15) is 33.6 Å². The van der Waals surface area contributed by atoms with Crippen LogP contribution in [0.15, 0.2) is 42.9 Å². The zero-order chi connectivity index (χ0) is 22.9. The van der Waals surface area contributed by atoms with Gasteiger partial charge in [-0.15, -0.1) is 0 Å². The number of amides is 1. The normalized spacial score (nSPS) is 17.8. The number of nitrogen functional groups attached to an aromatic ring is 2. The first-order valence-corrected chi connectivity index (χ1v) is 10.9. The molecular formula is C23H27N9O. The van der Waals surface area contributed by atoms with E-state index in [9.17, 15) is 4.79 Å². The molecule has 6 N–H and O–H groups in total. The van der Waals surface area contributed by atoms with Crippen LogP contribution in [0.2, 0.25) is 0 Å². The fourth-order valence-electron chi connectivity index (χ4n) is 4.48. The Kier molecular flexibility index (Phi) is 5.53. The molecule has 5 rings (SSSR count). The van der Waals surface area contributed by atoms with E-state index in [1.807, 2.05) is 30.3 Å². The lowest BCUT2D eigenvalue weighted by Crippen LogP contribution is -2.36. The number of fused-ring (bicyclic) bond motifs is 1. The summed E-state index contributed by atoms with van der Waals surface area (Å²) in [5.74, 6) is 5.99. The first-order valence-electron chi connectivity index (χ1n) is 10.9. The molecule has 10 heteroatoms. The van der Waals surface area contributed by atoms with Crippen molar-refractivity contribution in [1.82, 2.24) is 24.8 Å². The minimum atomic E-state index is -0.0116. The van der Waals surface area contributed by atoms with Crippen molar-refractivity contribution in [2.24, 2.45) is 5.84 Å². The van der Waals surface area contributed by atoms with Gasteiger partial charge < -0.3 is 21.4 Å². The van der Waals surface area contributed by atoms with Crippen molar-refractivity contribution in [1.29, 1.82) is 0 Å². The number of carbonyl (C=O) groups is 1. The van der Waals surface area contributed by atoms with Gasteiger partial charge in [0, 0.05) is 55.7 Å². The van der Waals surface area contributed by atoms with Crippen LogP contribution in [-0.2, 0) is 13.1 Å². The predicted octanol–water partition coefficient (Wildman–Crippen LogP) is 2.02. The summed E-state index contributed by atoms with van der Waals surface area (Å²) in [5, 5.41) is 3.23. The number of aryl methyl sites for hydroxylation is 1. The number of hydrogen-bond acceptors (Lipinski definition) is 9.